The minimum atomic E-state index is -6.03. The van der Waals surface area contributed by atoms with Gasteiger partial charge in [-0.2, -0.15) is 26.3 Å². The van der Waals surface area contributed by atoms with Crippen LogP contribution in [0.25, 0.3) is 11.1 Å². The molecule has 9 heteroatoms. The third kappa shape index (κ3) is 4.95. The molecule has 0 bridgehead atoms. The number of hydrogen-bond donors (Lipinski definition) is 3. The Morgan fingerprint density at radius 2 is 1.28 bits per heavy atom. The molecule has 0 saturated heterocycles. The average molecular weight is 452 g/mol. The standard InChI is InChI=1S/C23H18F6N2O/c24-22(25,26)21(32,23(27,28)29)11-10-16-7-9-20(31)18(13-16)17-12-15(6-8-19(17)30)3-1-2-14-4-5-14/h6-9,12-14,32H,2,4-5,30-31H2. The summed E-state index contributed by atoms with van der Waals surface area (Å²) < 4.78 is 77.1. The van der Waals surface area contributed by atoms with Crippen LogP contribution in [0, 0.1) is 29.6 Å². The van der Waals surface area contributed by atoms with E-state index in [4.69, 9.17) is 11.5 Å². The summed E-state index contributed by atoms with van der Waals surface area (Å²) in [5.74, 6) is 9.38. The number of nitrogens with two attached hydrogens (primary N) is 2. The highest BCUT2D eigenvalue weighted by Crippen LogP contribution is 2.42. The quantitative estimate of drug-likeness (QED) is 0.346. The van der Waals surface area contributed by atoms with Crippen LogP contribution in [0.5, 0.6) is 0 Å². The molecule has 0 unspecified atom stereocenters. The van der Waals surface area contributed by atoms with E-state index < -0.39 is 18.0 Å². The van der Waals surface area contributed by atoms with Crippen LogP contribution in [-0.4, -0.2) is 23.1 Å². The Labute approximate surface area is 180 Å². The lowest BCUT2D eigenvalue weighted by Gasteiger charge is -2.27. The minimum absolute atomic E-state index is 0.187. The average Bonchev–Trinajstić information content (AvgIpc) is 3.51. The van der Waals surface area contributed by atoms with E-state index in [0.29, 0.717) is 17.0 Å². The van der Waals surface area contributed by atoms with Gasteiger partial charge in [-0.15, -0.1) is 0 Å². The van der Waals surface area contributed by atoms with E-state index in [2.05, 4.69) is 11.8 Å². The highest BCUT2D eigenvalue weighted by Gasteiger charge is 2.70. The van der Waals surface area contributed by atoms with Crippen LogP contribution in [0.3, 0.4) is 0 Å². The molecule has 0 aliphatic heterocycles. The second kappa shape index (κ2) is 8.33. The van der Waals surface area contributed by atoms with Crippen molar-refractivity contribution in [1.29, 1.82) is 0 Å². The van der Waals surface area contributed by atoms with Crippen LogP contribution in [-0.2, 0) is 0 Å². The molecular weight excluding hydrogens is 434 g/mol. The van der Waals surface area contributed by atoms with Gasteiger partial charge in [-0.3, -0.25) is 0 Å². The maximum absolute atomic E-state index is 12.8. The molecule has 0 spiro atoms. The van der Waals surface area contributed by atoms with Gasteiger partial charge in [-0.05, 0) is 61.1 Å². The molecule has 2 aromatic rings. The van der Waals surface area contributed by atoms with Crippen LogP contribution in [0.4, 0.5) is 37.7 Å². The third-order valence-electron chi connectivity index (χ3n) is 4.93. The van der Waals surface area contributed by atoms with Gasteiger partial charge in [0.1, 0.15) is 0 Å². The number of aliphatic hydroxyl groups is 1. The summed E-state index contributed by atoms with van der Waals surface area (Å²) in [6.45, 7) is 0. The van der Waals surface area contributed by atoms with Gasteiger partial charge in [-0.25, -0.2) is 0 Å². The van der Waals surface area contributed by atoms with Crippen LogP contribution in [0.2, 0.25) is 0 Å². The summed E-state index contributed by atoms with van der Waals surface area (Å²) >= 11 is 0. The molecule has 3 nitrogen and oxygen atoms in total. The molecule has 32 heavy (non-hydrogen) atoms. The van der Waals surface area contributed by atoms with Crippen molar-refractivity contribution in [1.82, 2.24) is 0 Å². The fourth-order valence-electron chi connectivity index (χ4n) is 2.82. The molecule has 0 amide bonds. The van der Waals surface area contributed by atoms with Gasteiger partial charge in [0, 0.05) is 40.0 Å². The molecule has 1 fully saturated rings. The van der Waals surface area contributed by atoms with Gasteiger partial charge in [-0.1, -0.05) is 17.8 Å². The number of hydrogen-bond acceptors (Lipinski definition) is 3. The molecule has 3 rings (SSSR count). The highest BCUT2D eigenvalue weighted by molar-refractivity contribution is 5.86. The summed E-state index contributed by atoms with van der Waals surface area (Å²) in [4.78, 5) is 0. The molecule has 5 N–H and O–H groups in total. The number of halogens is 6. The smallest absolute Gasteiger partial charge is 0.398 e. The first-order valence-corrected chi connectivity index (χ1v) is 9.49. The van der Waals surface area contributed by atoms with Gasteiger partial charge in [0.15, 0.2) is 0 Å². The zero-order valence-electron chi connectivity index (χ0n) is 16.5. The Balaban J connectivity index is 2.00. The molecule has 1 aliphatic rings. The van der Waals surface area contributed by atoms with E-state index in [1.54, 1.807) is 24.1 Å². The SMILES string of the molecule is Nc1ccc(C#CCC2CC2)cc1-c1cc(C#CC(O)(C(F)(F)F)C(F)(F)F)ccc1N. The Kier molecular flexibility index (Phi) is 6.08. The van der Waals surface area contributed by atoms with Crippen molar-refractivity contribution in [2.45, 2.75) is 37.2 Å². The van der Waals surface area contributed by atoms with Gasteiger partial charge in [0.2, 0.25) is 0 Å². The maximum Gasteiger partial charge on any atom is 0.438 e. The molecule has 0 heterocycles. The van der Waals surface area contributed by atoms with Crippen LogP contribution in [0.15, 0.2) is 36.4 Å². The van der Waals surface area contributed by atoms with E-state index in [1.807, 2.05) is 0 Å². The van der Waals surface area contributed by atoms with Crippen LogP contribution in [0.1, 0.15) is 30.4 Å². The van der Waals surface area contributed by atoms with Crippen molar-refractivity contribution in [2.24, 2.45) is 5.92 Å². The Morgan fingerprint density at radius 1 is 0.812 bits per heavy atom. The zero-order valence-corrected chi connectivity index (χ0v) is 16.5. The first-order chi connectivity index (χ1) is 14.8. The summed E-state index contributed by atoms with van der Waals surface area (Å²) in [5, 5.41) is 9.21. The topological polar surface area (TPSA) is 72.3 Å². The van der Waals surface area contributed by atoms with Gasteiger partial charge in [0.05, 0.1) is 0 Å². The van der Waals surface area contributed by atoms with Crippen molar-refractivity contribution in [2.75, 3.05) is 11.5 Å². The van der Waals surface area contributed by atoms with E-state index in [9.17, 15) is 31.4 Å². The lowest BCUT2D eigenvalue weighted by Crippen LogP contribution is -2.55. The third-order valence-corrected chi connectivity index (χ3v) is 4.93. The van der Waals surface area contributed by atoms with E-state index >= 15 is 0 Å². The first kappa shape index (κ1) is 23.4. The molecule has 0 aromatic heterocycles. The van der Waals surface area contributed by atoms with E-state index in [1.165, 1.54) is 12.1 Å². The monoisotopic (exact) mass is 452 g/mol. The maximum atomic E-state index is 12.8. The molecule has 0 atom stereocenters. The van der Waals surface area contributed by atoms with Crippen molar-refractivity contribution >= 4 is 11.4 Å². The molecular formula is C23H18F6N2O. The Morgan fingerprint density at radius 3 is 1.72 bits per heavy atom. The summed E-state index contributed by atoms with van der Waals surface area (Å²) in [7, 11) is 0. The molecule has 2 aromatic carbocycles. The molecule has 1 saturated carbocycles. The largest absolute Gasteiger partial charge is 0.438 e. The summed E-state index contributed by atoms with van der Waals surface area (Å²) in [5.41, 5.74) is 8.37. The van der Waals surface area contributed by atoms with Crippen molar-refractivity contribution in [3.8, 4) is 34.8 Å². The second-order valence-electron chi connectivity index (χ2n) is 7.51. The fourth-order valence-corrected chi connectivity index (χ4v) is 2.82. The summed E-state index contributed by atoms with van der Waals surface area (Å²) in [6, 6.07) is 8.56. The summed E-state index contributed by atoms with van der Waals surface area (Å²) in [6.07, 6.45) is -8.98. The van der Waals surface area contributed by atoms with Gasteiger partial charge < -0.3 is 16.6 Å². The molecule has 168 valence electrons. The number of rotatable bonds is 2. The number of alkyl halides is 6. The number of benzene rings is 2. The minimum Gasteiger partial charge on any atom is -0.398 e. The lowest BCUT2D eigenvalue weighted by atomic mass is 9.97. The van der Waals surface area contributed by atoms with Gasteiger partial charge >= 0.3 is 18.0 Å². The highest BCUT2D eigenvalue weighted by atomic mass is 19.4. The normalized spacial score (nSPS) is 14.2. The second-order valence-corrected chi connectivity index (χ2v) is 7.51. The van der Waals surface area contributed by atoms with E-state index in [0.717, 1.165) is 31.2 Å². The van der Waals surface area contributed by atoms with Crippen molar-refractivity contribution in [3.63, 3.8) is 0 Å². The van der Waals surface area contributed by atoms with Crippen LogP contribution < -0.4 is 11.5 Å². The predicted octanol–water partition coefficient (Wildman–Crippen LogP) is 4.88. The lowest BCUT2D eigenvalue weighted by molar-refractivity contribution is -0.343. The molecule has 1 aliphatic carbocycles. The first-order valence-electron chi connectivity index (χ1n) is 9.49. The van der Waals surface area contributed by atoms with Gasteiger partial charge in [0.25, 0.3) is 0 Å². The Hall–Kier alpha value is -3.30. The Bertz CT molecular complexity index is 1130. The number of nitrogen functional groups attached to an aromatic ring is 2. The zero-order chi connectivity index (χ0) is 23.7. The van der Waals surface area contributed by atoms with Crippen molar-refractivity contribution in [3.05, 3.63) is 47.5 Å². The molecule has 0 radical (unpaired) electrons. The predicted molar refractivity (Wildman–Crippen MR) is 109 cm³/mol. The number of anilines is 2. The van der Waals surface area contributed by atoms with Crippen molar-refractivity contribution < 1.29 is 31.4 Å². The van der Waals surface area contributed by atoms with Crippen LogP contribution >= 0.6 is 0 Å². The van der Waals surface area contributed by atoms with E-state index in [-0.39, 0.29) is 22.5 Å². The fraction of sp³-hybridized carbons (Fsp3) is 0.304.